The molecule has 1 aromatic heterocycles. The Morgan fingerprint density at radius 3 is 2.59 bits per heavy atom. The van der Waals surface area contributed by atoms with Gasteiger partial charge in [-0.3, -0.25) is 0 Å². The van der Waals surface area contributed by atoms with Gasteiger partial charge in [-0.2, -0.15) is 14.9 Å². The second kappa shape index (κ2) is 8.67. The molecule has 0 aliphatic rings. The fourth-order valence-corrected chi connectivity index (χ4v) is 3.06. The summed E-state index contributed by atoms with van der Waals surface area (Å²) in [6.45, 7) is 2.58. The topological polar surface area (TPSA) is 55.2 Å². The van der Waals surface area contributed by atoms with Gasteiger partial charge in [0, 0.05) is 5.56 Å². The minimum absolute atomic E-state index is 0.445. The Bertz CT molecular complexity index is 1180. The Balaban J connectivity index is 1.48. The van der Waals surface area contributed by atoms with Crippen molar-refractivity contribution in [3.63, 3.8) is 0 Å². The molecular weight excluding hydrogens is 380 g/mol. The van der Waals surface area contributed by atoms with Crippen LogP contribution in [-0.2, 0) is 6.61 Å². The third kappa shape index (κ3) is 4.67. The van der Waals surface area contributed by atoms with Crippen LogP contribution in [0, 0.1) is 11.7 Å². The van der Waals surface area contributed by atoms with E-state index < -0.39 is 0 Å². The Kier molecular flexibility index (Phi) is 5.63. The van der Waals surface area contributed by atoms with E-state index in [1.807, 2.05) is 79.7 Å². The number of rotatable bonds is 6. The third-order valence-corrected chi connectivity index (χ3v) is 4.64. The maximum Gasteiger partial charge on any atom is 0.216 e. The maximum atomic E-state index is 5.82. The largest absolute Gasteiger partial charge is 0.489 e. The average Bonchev–Trinajstić information content (AvgIpc) is 3.12. The van der Waals surface area contributed by atoms with Crippen LogP contribution in [0.1, 0.15) is 16.7 Å². The van der Waals surface area contributed by atoms with E-state index in [-0.39, 0.29) is 0 Å². The number of H-pyrrole nitrogens is 1. The summed E-state index contributed by atoms with van der Waals surface area (Å²) in [7, 11) is 0. The number of aryl methyl sites for hydroxylation is 1. The molecular formula is C23H20N4OS. The van der Waals surface area contributed by atoms with Crippen LogP contribution in [0.25, 0.3) is 11.4 Å². The van der Waals surface area contributed by atoms with Gasteiger partial charge in [-0.15, -0.1) is 0 Å². The van der Waals surface area contributed by atoms with Crippen molar-refractivity contribution in [2.24, 2.45) is 5.10 Å². The summed E-state index contributed by atoms with van der Waals surface area (Å²) < 4.78 is 7.90. The monoisotopic (exact) mass is 400 g/mol. The summed E-state index contributed by atoms with van der Waals surface area (Å²) in [5, 5.41) is 11.7. The fourth-order valence-electron chi connectivity index (χ4n) is 2.89. The number of aromatic nitrogens is 3. The van der Waals surface area contributed by atoms with E-state index in [9.17, 15) is 0 Å². The summed E-state index contributed by atoms with van der Waals surface area (Å²) in [6.07, 6.45) is 1.76. The van der Waals surface area contributed by atoms with Gasteiger partial charge in [-0.1, -0.05) is 54.1 Å². The van der Waals surface area contributed by atoms with Crippen LogP contribution in [0.4, 0.5) is 0 Å². The lowest BCUT2D eigenvalue weighted by molar-refractivity contribution is 0.306. The molecule has 0 saturated heterocycles. The number of aromatic amines is 1. The van der Waals surface area contributed by atoms with Crippen LogP contribution < -0.4 is 4.74 Å². The first-order chi connectivity index (χ1) is 14.2. The van der Waals surface area contributed by atoms with Crippen LogP contribution >= 0.6 is 12.2 Å². The van der Waals surface area contributed by atoms with E-state index in [4.69, 9.17) is 17.0 Å². The molecule has 0 aliphatic carbocycles. The Labute approximate surface area is 174 Å². The molecule has 0 saturated carbocycles. The number of nitrogens with zero attached hydrogens (tertiary/aromatic N) is 3. The lowest BCUT2D eigenvalue weighted by Gasteiger charge is -2.06. The summed E-state index contributed by atoms with van der Waals surface area (Å²) in [5.74, 6) is 1.49. The number of ether oxygens (including phenoxy) is 1. The van der Waals surface area contributed by atoms with E-state index in [1.165, 1.54) is 0 Å². The van der Waals surface area contributed by atoms with Crippen molar-refractivity contribution in [3.05, 3.63) is 100 Å². The molecule has 144 valence electrons. The van der Waals surface area contributed by atoms with Crippen molar-refractivity contribution < 1.29 is 4.74 Å². The van der Waals surface area contributed by atoms with Gasteiger partial charge < -0.3 is 4.74 Å². The predicted molar refractivity (Wildman–Crippen MR) is 118 cm³/mol. The molecule has 6 heteroatoms. The highest BCUT2D eigenvalue weighted by molar-refractivity contribution is 7.71. The van der Waals surface area contributed by atoms with Crippen molar-refractivity contribution >= 4 is 18.4 Å². The van der Waals surface area contributed by atoms with Gasteiger partial charge in [-0.25, -0.2) is 5.10 Å². The lowest BCUT2D eigenvalue weighted by atomic mass is 10.1. The Morgan fingerprint density at radius 2 is 1.83 bits per heavy atom. The molecule has 0 spiro atoms. The molecule has 0 aliphatic heterocycles. The molecule has 4 aromatic rings. The summed E-state index contributed by atoms with van der Waals surface area (Å²) in [6, 6.07) is 25.9. The molecule has 0 amide bonds. The zero-order valence-electron chi connectivity index (χ0n) is 15.9. The van der Waals surface area contributed by atoms with Crippen molar-refractivity contribution in [2.75, 3.05) is 0 Å². The van der Waals surface area contributed by atoms with Gasteiger partial charge in [-0.05, 0) is 60.6 Å². The van der Waals surface area contributed by atoms with Crippen molar-refractivity contribution in [1.82, 2.24) is 14.9 Å². The number of hydrogen-bond donors (Lipinski definition) is 1. The first kappa shape index (κ1) is 18.8. The van der Waals surface area contributed by atoms with Gasteiger partial charge in [0.25, 0.3) is 0 Å². The zero-order valence-corrected chi connectivity index (χ0v) is 16.8. The molecule has 0 atom stereocenters. The molecule has 0 fully saturated rings. The van der Waals surface area contributed by atoms with E-state index in [2.05, 4.69) is 21.4 Å². The smallest absolute Gasteiger partial charge is 0.216 e. The van der Waals surface area contributed by atoms with Gasteiger partial charge in [0.2, 0.25) is 4.77 Å². The Morgan fingerprint density at radius 1 is 1.03 bits per heavy atom. The summed E-state index contributed by atoms with van der Waals surface area (Å²) >= 11 is 5.33. The van der Waals surface area contributed by atoms with E-state index >= 15 is 0 Å². The summed E-state index contributed by atoms with van der Waals surface area (Å²) in [4.78, 5) is 0. The number of benzene rings is 3. The molecule has 29 heavy (non-hydrogen) atoms. The second-order valence-electron chi connectivity index (χ2n) is 6.62. The molecule has 3 aromatic carbocycles. The second-order valence-corrected chi connectivity index (χ2v) is 7.01. The number of hydrogen-bond acceptors (Lipinski definition) is 4. The average molecular weight is 401 g/mol. The molecule has 1 N–H and O–H groups in total. The summed E-state index contributed by atoms with van der Waals surface area (Å²) in [5.41, 5.74) is 4.18. The van der Waals surface area contributed by atoms with Crippen molar-refractivity contribution in [2.45, 2.75) is 13.5 Å². The van der Waals surface area contributed by atoms with Crippen LogP contribution in [0.15, 0.2) is 84.0 Å². The predicted octanol–water partition coefficient (Wildman–Crippen LogP) is 5.38. The highest BCUT2D eigenvalue weighted by Gasteiger charge is 2.08. The van der Waals surface area contributed by atoms with Crippen LogP contribution in [0.3, 0.4) is 0 Å². The van der Waals surface area contributed by atoms with Crippen molar-refractivity contribution in [3.8, 4) is 17.1 Å². The lowest BCUT2D eigenvalue weighted by Crippen LogP contribution is -1.96. The molecule has 0 bridgehead atoms. The van der Waals surface area contributed by atoms with E-state index in [0.29, 0.717) is 17.2 Å². The minimum Gasteiger partial charge on any atom is -0.489 e. The molecule has 4 rings (SSSR count). The van der Waals surface area contributed by atoms with Crippen LogP contribution in [0.2, 0.25) is 0 Å². The first-order valence-corrected chi connectivity index (χ1v) is 9.65. The van der Waals surface area contributed by atoms with Crippen LogP contribution in [-0.4, -0.2) is 21.1 Å². The normalized spacial score (nSPS) is 11.1. The van der Waals surface area contributed by atoms with Gasteiger partial charge >= 0.3 is 0 Å². The molecule has 1 heterocycles. The number of nitrogens with one attached hydrogen (secondary N) is 1. The highest BCUT2D eigenvalue weighted by atomic mass is 32.1. The van der Waals surface area contributed by atoms with Gasteiger partial charge in [0.15, 0.2) is 5.82 Å². The first-order valence-electron chi connectivity index (χ1n) is 9.25. The Hall–Kier alpha value is -3.51. The molecule has 0 radical (unpaired) electrons. The quantitative estimate of drug-likeness (QED) is 0.349. The molecule has 5 nitrogen and oxygen atoms in total. The van der Waals surface area contributed by atoms with Gasteiger partial charge in [0.05, 0.1) is 6.21 Å². The van der Waals surface area contributed by atoms with Crippen molar-refractivity contribution in [1.29, 1.82) is 0 Å². The SMILES string of the molecule is Cc1cccc(-c2n[nH]c(=S)n2/N=C/c2ccc(OCc3ccccc3)cc2)c1. The highest BCUT2D eigenvalue weighted by Crippen LogP contribution is 2.19. The standard InChI is InChI=1S/C23H20N4OS/c1-17-6-5-9-20(14-17)22-25-26-23(29)27(22)24-15-18-10-12-21(13-11-18)28-16-19-7-3-2-4-8-19/h2-15H,16H2,1H3,(H,26,29)/b24-15+. The van der Waals surface area contributed by atoms with Crippen LogP contribution in [0.5, 0.6) is 5.75 Å². The van der Waals surface area contributed by atoms with E-state index in [0.717, 1.165) is 28.0 Å². The molecule has 0 unspecified atom stereocenters. The minimum atomic E-state index is 0.445. The third-order valence-electron chi connectivity index (χ3n) is 4.38. The zero-order chi connectivity index (χ0) is 20.1. The van der Waals surface area contributed by atoms with Gasteiger partial charge in [0.1, 0.15) is 12.4 Å². The van der Waals surface area contributed by atoms with E-state index in [1.54, 1.807) is 10.9 Å². The fraction of sp³-hybridized carbons (Fsp3) is 0.0870. The maximum absolute atomic E-state index is 5.82.